The average Bonchev–Trinajstić information content (AvgIpc) is 2.40. The minimum Gasteiger partial charge on any atom is -0.508 e. The van der Waals surface area contributed by atoms with Crippen molar-refractivity contribution in [1.82, 2.24) is 0 Å². The van der Waals surface area contributed by atoms with Gasteiger partial charge in [-0.3, -0.25) is 4.72 Å². The molecule has 0 radical (unpaired) electrons. The molecule has 0 unspecified atom stereocenters. The predicted molar refractivity (Wildman–Crippen MR) is 72.0 cm³/mol. The SMILES string of the molecule is O=S(=O)(Nc1ccc(OC(F)F)cc1)c1cccc(O)c1. The third kappa shape index (κ3) is 4.06. The molecule has 112 valence electrons. The molecule has 5 nitrogen and oxygen atoms in total. The maximum atomic E-state index is 12.0. The summed E-state index contributed by atoms with van der Waals surface area (Å²) in [6, 6.07) is 10.2. The van der Waals surface area contributed by atoms with Gasteiger partial charge in [0, 0.05) is 11.8 Å². The highest BCUT2D eigenvalue weighted by molar-refractivity contribution is 7.92. The van der Waals surface area contributed by atoms with Crippen molar-refractivity contribution >= 4 is 15.7 Å². The van der Waals surface area contributed by atoms with E-state index in [0.29, 0.717) is 0 Å². The quantitative estimate of drug-likeness (QED) is 0.889. The molecule has 0 heterocycles. The number of halogens is 2. The van der Waals surface area contributed by atoms with E-state index in [1.807, 2.05) is 0 Å². The van der Waals surface area contributed by atoms with Gasteiger partial charge in [-0.2, -0.15) is 8.78 Å². The number of nitrogens with one attached hydrogen (secondary N) is 1. The molecule has 2 rings (SSSR count). The number of hydrogen-bond acceptors (Lipinski definition) is 4. The van der Waals surface area contributed by atoms with E-state index in [1.54, 1.807) is 0 Å². The van der Waals surface area contributed by atoms with Crippen molar-refractivity contribution < 1.29 is 27.0 Å². The third-order valence-corrected chi connectivity index (χ3v) is 3.84. The second-order valence-electron chi connectivity index (χ2n) is 4.01. The lowest BCUT2D eigenvalue weighted by molar-refractivity contribution is -0.0498. The minimum atomic E-state index is -3.87. The highest BCUT2D eigenvalue weighted by Gasteiger charge is 2.14. The maximum Gasteiger partial charge on any atom is 0.387 e. The van der Waals surface area contributed by atoms with Gasteiger partial charge in [-0.1, -0.05) is 6.07 Å². The molecule has 0 atom stereocenters. The molecule has 0 aliphatic rings. The number of sulfonamides is 1. The van der Waals surface area contributed by atoms with Gasteiger partial charge in [-0.25, -0.2) is 8.42 Å². The zero-order chi connectivity index (χ0) is 15.5. The molecule has 0 saturated heterocycles. The number of hydrogen-bond donors (Lipinski definition) is 2. The van der Waals surface area contributed by atoms with E-state index in [9.17, 15) is 22.3 Å². The van der Waals surface area contributed by atoms with Gasteiger partial charge in [0.25, 0.3) is 10.0 Å². The summed E-state index contributed by atoms with van der Waals surface area (Å²) in [5, 5.41) is 9.28. The van der Waals surface area contributed by atoms with Crippen molar-refractivity contribution in [3.8, 4) is 11.5 Å². The Labute approximate surface area is 119 Å². The fourth-order valence-electron chi connectivity index (χ4n) is 1.57. The molecular formula is C13H11F2NO4S. The molecule has 8 heteroatoms. The highest BCUT2D eigenvalue weighted by Crippen LogP contribution is 2.22. The van der Waals surface area contributed by atoms with Crippen LogP contribution in [0.5, 0.6) is 11.5 Å². The first kappa shape index (κ1) is 15.0. The molecule has 2 aromatic rings. The van der Waals surface area contributed by atoms with Crippen LogP contribution in [0, 0.1) is 0 Å². The zero-order valence-electron chi connectivity index (χ0n) is 10.5. The van der Waals surface area contributed by atoms with E-state index >= 15 is 0 Å². The lowest BCUT2D eigenvalue weighted by atomic mass is 10.3. The van der Waals surface area contributed by atoms with Crippen molar-refractivity contribution in [2.24, 2.45) is 0 Å². The highest BCUT2D eigenvalue weighted by atomic mass is 32.2. The van der Waals surface area contributed by atoms with Gasteiger partial charge in [0.15, 0.2) is 0 Å². The van der Waals surface area contributed by atoms with Crippen LogP contribution in [0.4, 0.5) is 14.5 Å². The normalized spacial score (nSPS) is 11.4. The van der Waals surface area contributed by atoms with E-state index in [1.165, 1.54) is 42.5 Å². The lowest BCUT2D eigenvalue weighted by Crippen LogP contribution is -2.12. The number of ether oxygens (including phenoxy) is 1. The standard InChI is InChI=1S/C13H11F2NO4S/c14-13(15)20-11-6-4-9(5-7-11)16-21(18,19)12-3-1-2-10(17)8-12/h1-8,13,16-17H. The molecule has 2 aromatic carbocycles. The Balaban J connectivity index is 2.17. The van der Waals surface area contributed by atoms with Crippen LogP contribution in [0.15, 0.2) is 53.4 Å². The Morgan fingerprint density at radius 2 is 1.76 bits per heavy atom. The molecular weight excluding hydrogens is 304 g/mol. The van der Waals surface area contributed by atoms with Crippen LogP contribution in [0.2, 0.25) is 0 Å². The molecule has 0 fully saturated rings. The fourth-order valence-corrected chi connectivity index (χ4v) is 2.67. The van der Waals surface area contributed by atoms with E-state index < -0.39 is 16.6 Å². The molecule has 21 heavy (non-hydrogen) atoms. The molecule has 0 amide bonds. The first-order valence-corrected chi connectivity index (χ1v) is 7.22. The molecule has 0 bridgehead atoms. The van der Waals surface area contributed by atoms with Crippen molar-refractivity contribution in [1.29, 1.82) is 0 Å². The van der Waals surface area contributed by atoms with E-state index in [-0.39, 0.29) is 22.1 Å². The van der Waals surface area contributed by atoms with Crippen molar-refractivity contribution in [3.63, 3.8) is 0 Å². The van der Waals surface area contributed by atoms with Crippen LogP contribution < -0.4 is 9.46 Å². The van der Waals surface area contributed by atoms with Crippen molar-refractivity contribution in [2.45, 2.75) is 11.5 Å². The molecule has 0 saturated carbocycles. The summed E-state index contributed by atoms with van der Waals surface area (Å²) in [6.07, 6.45) is 0. The summed E-state index contributed by atoms with van der Waals surface area (Å²) in [5.74, 6) is -0.260. The Hall–Kier alpha value is -2.35. The average molecular weight is 315 g/mol. The third-order valence-electron chi connectivity index (χ3n) is 2.46. The Morgan fingerprint density at radius 3 is 2.33 bits per heavy atom. The summed E-state index contributed by atoms with van der Waals surface area (Å²) in [7, 11) is -3.87. The van der Waals surface area contributed by atoms with Gasteiger partial charge in [0.1, 0.15) is 11.5 Å². The van der Waals surface area contributed by atoms with Gasteiger partial charge in [0.2, 0.25) is 0 Å². The van der Waals surface area contributed by atoms with Crippen LogP contribution in [0.25, 0.3) is 0 Å². The number of phenols is 1. The molecule has 0 aromatic heterocycles. The maximum absolute atomic E-state index is 12.0. The first-order chi connectivity index (χ1) is 9.87. The Morgan fingerprint density at radius 1 is 1.10 bits per heavy atom. The van der Waals surface area contributed by atoms with Crippen LogP contribution in [-0.4, -0.2) is 20.1 Å². The molecule has 0 aliphatic heterocycles. The van der Waals surface area contributed by atoms with Gasteiger partial charge in [0.05, 0.1) is 4.90 Å². The number of rotatable bonds is 5. The topological polar surface area (TPSA) is 75.6 Å². The molecule has 0 spiro atoms. The Bertz CT molecular complexity index is 717. The van der Waals surface area contributed by atoms with Gasteiger partial charge >= 0.3 is 6.61 Å². The minimum absolute atomic E-state index is 0.0784. The summed E-state index contributed by atoms with van der Waals surface area (Å²) in [4.78, 5) is -0.115. The second-order valence-corrected chi connectivity index (χ2v) is 5.69. The predicted octanol–water partition coefficient (Wildman–Crippen LogP) is 2.79. The lowest BCUT2D eigenvalue weighted by Gasteiger charge is -2.09. The fraction of sp³-hybridized carbons (Fsp3) is 0.0769. The monoisotopic (exact) mass is 315 g/mol. The van der Waals surface area contributed by atoms with E-state index in [2.05, 4.69) is 9.46 Å². The molecule has 2 N–H and O–H groups in total. The Kier molecular flexibility index (Phi) is 4.27. The summed E-state index contributed by atoms with van der Waals surface area (Å²) in [5.41, 5.74) is 0.181. The zero-order valence-corrected chi connectivity index (χ0v) is 11.3. The second kappa shape index (κ2) is 5.96. The number of anilines is 1. The van der Waals surface area contributed by atoms with Gasteiger partial charge in [-0.05, 0) is 36.4 Å². The van der Waals surface area contributed by atoms with Gasteiger partial charge < -0.3 is 9.84 Å². The number of alkyl halides is 2. The number of phenolic OH excluding ortho intramolecular Hbond substituents is 1. The van der Waals surface area contributed by atoms with Crippen LogP contribution in [0.3, 0.4) is 0 Å². The van der Waals surface area contributed by atoms with Crippen LogP contribution in [-0.2, 0) is 10.0 Å². The number of benzene rings is 2. The summed E-state index contributed by atoms with van der Waals surface area (Å²) >= 11 is 0. The van der Waals surface area contributed by atoms with Crippen molar-refractivity contribution in [2.75, 3.05) is 4.72 Å². The largest absolute Gasteiger partial charge is 0.508 e. The van der Waals surface area contributed by atoms with Crippen molar-refractivity contribution in [3.05, 3.63) is 48.5 Å². The van der Waals surface area contributed by atoms with E-state index in [0.717, 1.165) is 6.07 Å². The smallest absolute Gasteiger partial charge is 0.387 e. The van der Waals surface area contributed by atoms with E-state index in [4.69, 9.17) is 0 Å². The summed E-state index contributed by atoms with van der Waals surface area (Å²) in [6.45, 7) is -2.94. The summed E-state index contributed by atoms with van der Waals surface area (Å²) < 4.78 is 54.5. The van der Waals surface area contributed by atoms with Crippen LogP contribution in [0.1, 0.15) is 0 Å². The van der Waals surface area contributed by atoms with Crippen LogP contribution >= 0.6 is 0 Å². The number of aromatic hydroxyl groups is 1. The van der Waals surface area contributed by atoms with Gasteiger partial charge in [-0.15, -0.1) is 0 Å². The first-order valence-electron chi connectivity index (χ1n) is 5.73. The molecule has 0 aliphatic carbocycles.